The quantitative estimate of drug-likeness (QED) is 0.622. The molecule has 0 radical (unpaired) electrons. The first-order chi connectivity index (χ1) is 9.18. The van der Waals surface area contributed by atoms with Crippen LogP contribution in [-0.4, -0.2) is 24.3 Å². The molecule has 0 bridgehead atoms. The Labute approximate surface area is 124 Å². The van der Waals surface area contributed by atoms with Crippen LogP contribution >= 0.6 is 22.2 Å². The molecule has 1 aromatic rings. The van der Waals surface area contributed by atoms with Crippen molar-refractivity contribution in [1.82, 2.24) is 4.57 Å². The molecule has 6 heteroatoms. The summed E-state index contributed by atoms with van der Waals surface area (Å²) in [5.41, 5.74) is 0. The van der Waals surface area contributed by atoms with Crippen LogP contribution in [0.25, 0.3) is 0 Å². The van der Waals surface area contributed by atoms with Crippen molar-refractivity contribution in [1.29, 1.82) is 0 Å². The molecule has 0 aliphatic heterocycles. The first kappa shape index (κ1) is 14.7. The highest BCUT2D eigenvalue weighted by Crippen LogP contribution is 2.26. The summed E-state index contributed by atoms with van der Waals surface area (Å²) in [4.78, 5) is 12.2. The molecule has 0 N–H and O–H groups in total. The van der Waals surface area contributed by atoms with E-state index in [2.05, 4.69) is 0 Å². The van der Waals surface area contributed by atoms with Gasteiger partial charge in [0.2, 0.25) is 0 Å². The maximum Gasteiger partial charge on any atom is 0.408 e. The molecule has 3 nitrogen and oxygen atoms in total. The molecular formula is C13H17Cl2NO2Si. The molecule has 1 aromatic carbocycles. The Morgan fingerprint density at radius 2 is 1.79 bits per heavy atom. The topological polar surface area (TPSA) is 29.5 Å². The Morgan fingerprint density at radius 3 is 2.37 bits per heavy atom. The van der Waals surface area contributed by atoms with Crippen LogP contribution in [0.1, 0.15) is 32.1 Å². The lowest BCUT2D eigenvalue weighted by atomic mass is 9.96. The molecule has 1 amide bonds. The Bertz CT molecular complexity index is 410. The number of halogens is 2. The normalized spacial score (nSPS) is 16.4. The van der Waals surface area contributed by atoms with Crippen LogP contribution in [0.2, 0.25) is 0 Å². The van der Waals surface area contributed by atoms with Crippen LogP contribution in [0.4, 0.5) is 4.79 Å². The van der Waals surface area contributed by atoms with E-state index in [1.165, 1.54) is 6.42 Å². The molecule has 0 saturated heterocycles. The standard InChI is InChI=1S/C13H17Cl2NO2Si/c14-19(15)16(11-7-3-1-4-8-11)13(17)18-12-9-5-2-6-10-12/h2,5-6,9-11,19H,1,3-4,7-8H2. The predicted octanol–water partition coefficient (Wildman–Crippen LogP) is 4.01. The number of ether oxygens (including phenoxy) is 1. The van der Waals surface area contributed by atoms with Gasteiger partial charge in [-0.1, -0.05) is 37.5 Å². The average Bonchev–Trinajstić information content (AvgIpc) is 2.40. The van der Waals surface area contributed by atoms with Crippen LogP contribution in [0.15, 0.2) is 30.3 Å². The fourth-order valence-corrected chi connectivity index (χ4v) is 4.65. The summed E-state index contributed by atoms with van der Waals surface area (Å²) < 4.78 is 6.92. The fourth-order valence-electron chi connectivity index (χ4n) is 2.39. The zero-order valence-corrected chi connectivity index (χ0v) is 13.3. The molecule has 1 aliphatic rings. The van der Waals surface area contributed by atoms with Crippen molar-refractivity contribution in [2.24, 2.45) is 0 Å². The largest absolute Gasteiger partial charge is 0.411 e. The first-order valence-corrected chi connectivity index (χ1v) is 10.5. The highest BCUT2D eigenvalue weighted by atomic mass is 35.7. The van der Waals surface area contributed by atoms with Gasteiger partial charge in [-0.15, -0.1) is 22.2 Å². The average molecular weight is 318 g/mol. The molecule has 1 saturated carbocycles. The number of amides is 1. The van der Waals surface area contributed by atoms with Gasteiger partial charge in [-0.3, -0.25) is 0 Å². The SMILES string of the molecule is O=C(Oc1ccccc1)N(C1CCCCC1)[SiH](Cl)Cl. The van der Waals surface area contributed by atoms with Gasteiger partial charge >= 0.3 is 13.7 Å². The number of nitrogens with zero attached hydrogens (tertiary/aromatic N) is 1. The number of para-hydroxylation sites is 1. The molecule has 0 heterocycles. The summed E-state index contributed by atoms with van der Waals surface area (Å²) in [7, 11) is -2.25. The van der Waals surface area contributed by atoms with E-state index in [1.54, 1.807) is 16.7 Å². The van der Waals surface area contributed by atoms with Crippen molar-refractivity contribution in [3.05, 3.63) is 30.3 Å². The van der Waals surface area contributed by atoms with Crippen molar-refractivity contribution in [3.63, 3.8) is 0 Å². The minimum absolute atomic E-state index is 0.136. The lowest BCUT2D eigenvalue weighted by Gasteiger charge is -2.33. The Hall–Kier alpha value is -0.713. The number of benzene rings is 1. The minimum atomic E-state index is -2.25. The number of hydrogen-bond donors (Lipinski definition) is 0. The van der Waals surface area contributed by atoms with Gasteiger partial charge < -0.3 is 9.30 Å². The van der Waals surface area contributed by atoms with E-state index in [0.717, 1.165) is 25.7 Å². The van der Waals surface area contributed by atoms with E-state index >= 15 is 0 Å². The third kappa shape index (κ3) is 4.13. The summed E-state index contributed by atoms with van der Waals surface area (Å²) in [5, 5.41) is 0. The molecule has 0 atom stereocenters. The highest BCUT2D eigenvalue weighted by Gasteiger charge is 2.32. The van der Waals surface area contributed by atoms with Crippen LogP contribution in [0.3, 0.4) is 0 Å². The van der Waals surface area contributed by atoms with E-state index in [0.29, 0.717) is 5.75 Å². The van der Waals surface area contributed by atoms with Crippen molar-refractivity contribution >= 4 is 35.8 Å². The molecule has 0 aromatic heterocycles. The first-order valence-electron chi connectivity index (χ1n) is 6.52. The monoisotopic (exact) mass is 317 g/mol. The summed E-state index contributed by atoms with van der Waals surface area (Å²) >= 11 is 12.1. The third-order valence-electron chi connectivity index (χ3n) is 3.34. The number of rotatable bonds is 3. The van der Waals surface area contributed by atoms with Gasteiger partial charge in [-0.2, -0.15) is 0 Å². The summed E-state index contributed by atoms with van der Waals surface area (Å²) in [5.74, 6) is 0.524. The Balaban J connectivity index is 2.04. The summed E-state index contributed by atoms with van der Waals surface area (Å²) in [6.45, 7) is 0. The van der Waals surface area contributed by atoms with Crippen LogP contribution in [0.5, 0.6) is 5.75 Å². The molecule has 0 spiro atoms. The van der Waals surface area contributed by atoms with Gasteiger partial charge in [0.1, 0.15) is 5.75 Å². The van der Waals surface area contributed by atoms with E-state index in [4.69, 9.17) is 26.9 Å². The van der Waals surface area contributed by atoms with Crippen LogP contribution < -0.4 is 4.74 Å². The molecule has 2 rings (SSSR count). The maximum absolute atomic E-state index is 12.2. The Kier molecular flexibility index (Phi) is 5.54. The lowest BCUT2D eigenvalue weighted by Crippen LogP contribution is -2.47. The molecule has 1 aliphatic carbocycles. The van der Waals surface area contributed by atoms with Crippen molar-refractivity contribution in [3.8, 4) is 5.75 Å². The second-order valence-corrected chi connectivity index (χ2v) is 8.92. The van der Waals surface area contributed by atoms with E-state index in [1.807, 2.05) is 18.2 Å². The van der Waals surface area contributed by atoms with Gasteiger partial charge in [-0.25, -0.2) is 4.79 Å². The van der Waals surface area contributed by atoms with Crippen molar-refractivity contribution < 1.29 is 9.53 Å². The van der Waals surface area contributed by atoms with E-state index in [-0.39, 0.29) is 6.04 Å². The summed E-state index contributed by atoms with van der Waals surface area (Å²) in [6.07, 6.45) is 4.97. The zero-order chi connectivity index (χ0) is 13.7. The van der Waals surface area contributed by atoms with Crippen LogP contribution in [0, 0.1) is 0 Å². The minimum Gasteiger partial charge on any atom is -0.411 e. The molecular weight excluding hydrogens is 301 g/mol. The van der Waals surface area contributed by atoms with Crippen LogP contribution in [-0.2, 0) is 0 Å². The Morgan fingerprint density at radius 1 is 1.16 bits per heavy atom. The second-order valence-electron chi connectivity index (χ2n) is 4.66. The predicted molar refractivity (Wildman–Crippen MR) is 80.0 cm³/mol. The third-order valence-corrected chi connectivity index (χ3v) is 5.65. The van der Waals surface area contributed by atoms with E-state index < -0.39 is 13.7 Å². The molecule has 1 fully saturated rings. The lowest BCUT2D eigenvalue weighted by molar-refractivity contribution is 0.158. The fraction of sp³-hybridized carbons (Fsp3) is 0.462. The zero-order valence-electron chi connectivity index (χ0n) is 10.6. The maximum atomic E-state index is 12.2. The molecule has 104 valence electrons. The number of hydrogen-bond acceptors (Lipinski definition) is 2. The van der Waals surface area contributed by atoms with E-state index in [9.17, 15) is 4.79 Å². The van der Waals surface area contributed by atoms with Gasteiger partial charge in [-0.05, 0) is 25.0 Å². The van der Waals surface area contributed by atoms with Gasteiger partial charge in [0.05, 0.1) is 0 Å². The van der Waals surface area contributed by atoms with Gasteiger partial charge in [0.15, 0.2) is 0 Å². The highest BCUT2D eigenvalue weighted by molar-refractivity contribution is 7.33. The number of carbonyl (C=O) groups excluding carboxylic acids is 1. The number of carbonyl (C=O) groups is 1. The smallest absolute Gasteiger partial charge is 0.408 e. The van der Waals surface area contributed by atoms with Gasteiger partial charge in [0.25, 0.3) is 0 Å². The summed E-state index contributed by atoms with van der Waals surface area (Å²) in [6, 6.07) is 9.15. The van der Waals surface area contributed by atoms with Crippen molar-refractivity contribution in [2.45, 2.75) is 38.1 Å². The second kappa shape index (κ2) is 7.17. The van der Waals surface area contributed by atoms with Crippen molar-refractivity contribution in [2.75, 3.05) is 0 Å². The molecule has 0 unspecified atom stereocenters. The molecule has 19 heavy (non-hydrogen) atoms. The van der Waals surface area contributed by atoms with Gasteiger partial charge in [0, 0.05) is 6.04 Å².